The Morgan fingerprint density at radius 1 is 1.19 bits per heavy atom. The standard InChI is InChI=1S/C13H12ClNO/c14-10-6-7-12(15)11(8-10)13(16)9-4-2-1-3-5-9/h1-5,8H,6-7,15H2. The highest BCUT2D eigenvalue weighted by Crippen LogP contribution is 2.25. The molecule has 0 bridgehead atoms. The van der Waals surface area contributed by atoms with Gasteiger partial charge in [-0.2, -0.15) is 0 Å². The quantitative estimate of drug-likeness (QED) is 0.798. The summed E-state index contributed by atoms with van der Waals surface area (Å²) in [7, 11) is 0. The number of hydrogen-bond acceptors (Lipinski definition) is 2. The molecular weight excluding hydrogens is 222 g/mol. The number of halogens is 1. The summed E-state index contributed by atoms with van der Waals surface area (Å²) in [4.78, 5) is 12.1. The zero-order valence-corrected chi connectivity index (χ0v) is 9.50. The fourth-order valence-electron chi connectivity index (χ4n) is 1.67. The van der Waals surface area contributed by atoms with Crippen molar-refractivity contribution in [2.75, 3.05) is 0 Å². The normalized spacial score (nSPS) is 15.9. The largest absolute Gasteiger partial charge is 0.401 e. The second-order valence-electron chi connectivity index (χ2n) is 3.73. The first-order chi connectivity index (χ1) is 7.68. The van der Waals surface area contributed by atoms with Crippen molar-refractivity contribution in [2.24, 2.45) is 5.73 Å². The predicted octanol–water partition coefficient (Wildman–Crippen LogP) is 3.00. The van der Waals surface area contributed by atoms with Gasteiger partial charge in [0.1, 0.15) is 0 Å². The zero-order chi connectivity index (χ0) is 11.5. The lowest BCUT2D eigenvalue weighted by Gasteiger charge is -2.13. The van der Waals surface area contributed by atoms with Crippen LogP contribution in [0.5, 0.6) is 0 Å². The Morgan fingerprint density at radius 2 is 1.88 bits per heavy atom. The van der Waals surface area contributed by atoms with Gasteiger partial charge in [-0.05, 0) is 18.9 Å². The summed E-state index contributed by atoms with van der Waals surface area (Å²) in [5.41, 5.74) is 7.63. The molecule has 0 heterocycles. The molecule has 0 atom stereocenters. The maximum atomic E-state index is 12.1. The van der Waals surface area contributed by atoms with Crippen molar-refractivity contribution in [2.45, 2.75) is 12.8 Å². The third-order valence-electron chi connectivity index (χ3n) is 2.56. The monoisotopic (exact) mass is 233 g/mol. The summed E-state index contributed by atoms with van der Waals surface area (Å²) >= 11 is 5.93. The van der Waals surface area contributed by atoms with Crippen LogP contribution in [0.15, 0.2) is 52.7 Å². The van der Waals surface area contributed by atoms with E-state index in [4.69, 9.17) is 17.3 Å². The molecule has 2 rings (SSSR count). The average molecular weight is 234 g/mol. The molecule has 0 aliphatic heterocycles. The summed E-state index contributed by atoms with van der Waals surface area (Å²) < 4.78 is 0. The van der Waals surface area contributed by atoms with Crippen LogP contribution in [0, 0.1) is 0 Å². The molecule has 0 aromatic heterocycles. The lowest BCUT2D eigenvalue weighted by molar-refractivity contribution is 0.103. The van der Waals surface area contributed by atoms with Crippen LogP contribution < -0.4 is 5.73 Å². The molecule has 1 aliphatic carbocycles. The second-order valence-corrected chi connectivity index (χ2v) is 4.21. The van der Waals surface area contributed by atoms with Gasteiger partial charge in [-0.3, -0.25) is 4.79 Å². The molecule has 0 spiro atoms. The highest BCUT2D eigenvalue weighted by molar-refractivity contribution is 6.30. The van der Waals surface area contributed by atoms with Crippen molar-refractivity contribution in [3.63, 3.8) is 0 Å². The number of carbonyl (C=O) groups is 1. The summed E-state index contributed by atoms with van der Waals surface area (Å²) in [6, 6.07) is 9.09. The van der Waals surface area contributed by atoms with Crippen molar-refractivity contribution in [3.8, 4) is 0 Å². The number of allylic oxidation sites excluding steroid dienone is 4. The molecule has 0 saturated heterocycles. The van der Waals surface area contributed by atoms with Gasteiger partial charge >= 0.3 is 0 Å². The minimum absolute atomic E-state index is 0.0593. The van der Waals surface area contributed by atoms with Gasteiger partial charge in [0.2, 0.25) is 0 Å². The van der Waals surface area contributed by atoms with Gasteiger partial charge in [-0.1, -0.05) is 41.9 Å². The zero-order valence-electron chi connectivity index (χ0n) is 8.74. The van der Waals surface area contributed by atoms with Crippen molar-refractivity contribution in [1.82, 2.24) is 0 Å². The van der Waals surface area contributed by atoms with Gasteiger partial charge in [0.15, 0.2) is 5.78 Å². The Balaban J connectivity index is 2.36. The van der Waals surface area contributed by atoms with E-state index in [1.54, 1.807) is 18.2 Å². The molecule has 16 heavy (non-hydrogen) atoms. The lowest BCUT2D eigenvalue weighted by Crippen LogP contribution is -2.13. The minimum Gasteiger partial charge on any atom is -0.401 e. The number of carbonyl (C=O) groups excluding carboxylic acids is 1. The fraction of sp³-hybridized carbons (Fsp3) is 0.154. The van der Waals surface area contributed by atoms with Crippen molar-refractivity contribution >= 4 is 17.4 Å². The molecule has 1 aliphatic rings. The molecule has 2 N–H and O–H groups in total. The summed E-state index contributed by atoms with van der Waals surface area (Å²) in [6.07, 6.45) is 3.05. The lowest BCUT2D eigenvalue weighted by atomic mass is 9.96. The Hall–Kier alpha value is -1.54. The van der Waals surface area contributed by atoms with Crippen LogP contribution in [0.2, 0.25) is 0 Å². The van der Waals surface area contributed by atoms with Crippen LogP contribution in [0.25, 0.3) is 0 Å². The number of hydrogen-bond donors (Lipinski definition) is 1. The molecule has 2 nitrogen and oxygen atoms in total. The molecule has 3 heteroatoms. The SMILES string of the molecule is NC1=C(C(=O)c2ccccc2)C=C(Cl)CC1. The van der Waals surface area contributed by atoms with E-state index in [-0.39, 0.29) is 5.78 Å². The summed E-state index contributed by atoms with van der Waals surface area (Å²) in [5.74, 6) is -0.0593. The molecule has 1 aromatic rings. The first-order valence-corrected chi connectivity index (χ1v) is 5.50. The van der Waals surface area contributed by atoms with Gasteiger partial charge < -0.3 is 5.73 Å². The highest BCUT2D eigenvalue weighted by Gasteiger charge is 2.17. The minimum atomic E-state index is -0.0593. The molecule has 0 amide bonds. The topological polar surface area (TPSA) is 43.1 Å². The van der Waals surface area contributed by atoms with Crippen LogP contribution >= 0.6 is 11.6 Å². The van der Waals surface area contributed by atoms with Gasteiger partial charge in [0.25, 0.3) is 0 Å². The van der Waals surface area contributed by atoms with Gasteiger partial charge in [0, 0.05) is 21.9 Å². The molecule has 0 saturated carbocycles. The van der Waals surface area contributed by atoms with Crippen molar-refractivity contribution in [1.29, 1.82) is 0 Å². The molecule has 0 fully saturated rings. The van der Waals surface area contributed by atoms with Gasteiger partial charge in [0.05, 0.1) is 0 Å². The van der Waals surface area contributed by atoms with Crippen LogP contribution in [-0.4, -0.2) is 5.78 Å². The van der Waals surface area contributed by atoms with E-state index in [9.17, 15) is 4.79 Å². The number of benzene rings is 1. The van der Waals surface area contributed by atoms with E-state index in [1.165, 1.54) is 0 Å². The Labute approximate surface area is 99.4 Å². The highest BCUT2D eigenvalue weighted by atomic mass is 35.5. The molecule has 1 aromatic carbocycles. The number of Topliss-reactive ketones (excluding diaryl/α,β-unsaturated/α-hetero) is 1. The first-order valence-electron chi connectivity index (χ1n) is 5.13. The van der Waals surface area contributed by atoms with E-state index in [1.807, 2.05) is 18.2 Å². The number of nitrogens with two attached hydrogens (primary N) is 1. The number of rotatable bonds is 2. The van der Waals surface area contributed by atoms with E-state index in [0.717, 1.165) is 6.42 Å². The third kappa shape index (κ3) is 2.17. The average Bonchev–Trinajstić information content (AvgIpc) is 2.32. The molecule has 0 radical (unpaired) electrons. The van der Waals surface area contributed by atoms with Crippen molar-refractivity contribution < 1.29 is 4.79 Å². The Kier molecular flexibility index (Phi) is 3.11. The van der Waals surface area contributed by atoms with Crippen LogP contribution in [-0.2, 0) is 0 Å². The Morgan fingerprint density at radius 3 is 2.56 bits per heavy atom. The van der Waals surface area contributed by atoms with E-state index >= 15 is 0 Å². The molecule has 0 unspecified atom stereocenters. The Bertz CT molecular complexity index is 474. The van der Waals surface area contributed by atoms with Gasteiger partial charge in [-0.15, -0.1) is 0 Å². The molecular formula is C13H12ClNO. The van der Waals surface area contributed by atoms with E-state index in [2.05, 4.69) is 0 Å². The second kappa shape index (κ2) is 4.54. The maximum absolute atomic E-state index is 12.1. The van der Waals surface area contributed by atoms with Crippen LogP contribution in [0.3, 0.4) is 0 Å². The molecule has 82 valence electrons. The van der Waals surface area contributed by atoms with Crippen LogP contribution in [0.1, 0.15) is 23.2 Å². The summed E-state index contributed by atoms with van der Waals surface area (Å²) in [5, 5.41) is 0.688. The third-order valence-corrected chi connectivity index (χ3v) is 2.86. The predicted molar refractivity (Wildman–Crippen MR) is 65.2 cm³/mol. The maximum Gasteiger partial charge on any atom is 0.194 e. The first kappa shape index (κ1) is 11.0. The van der Waals surface area contributed by atoms with Crippen molar-refractivity contribution in [3.05, 3.63) is 58.3 Å². The van der Waals surface area contributed by atoms with Crippen LogP contribution in [0.4, 0.5) is 0 Å². The van der Waals surface area contributed by atoms with E-state index in [0.29, 0.717) is 28.3 Å². The smallest absolute Gasteiger partial charge is 0.194 e. The fourth-order valence-corrected chi connectivity index (χ4v) is 1.87. The van der Waals surface area contributed by atoms with E-state index < -0.39 is 0 Å². The van der Waals surface area contributed by atoms with Gasteiger partial charge in [-0.25, -0.2) is 0 Å². The summed E-state index contributed by atoms with van der Waals surface area (Å²) in [6.45, 7) is 0. The number of ketones is 1.